The summed E-state index contributed by atoms with van der Waals surface area (Å²) >= 11 is 1.44. The highest BCUT2D eigenvalue weighted by Gasteiger charge is 2.32. The van der Waals surface area contributed by atoms with E-state index in [4.69, 9.17) is 0 Å². The van der Waals surface area contributed by atoms with Crippen molar-refractivity contribution in [3.8, 4) is 0 Å². The predicted molar refractivity (Wildman–Crippen MR) is 104 cm³/mol. The minimum absolute atomic E-state index is 0.0310. The van der Waals surface area contributed by atoms with E-state index in [1.807, 2.05) is 10.3 Å². The number of hydrogen-bond acceptors (Lipinski definition) is 4. The van der Waals surface area contributed by atoms with Crippen molar-refractivity contribution < 1.29 is 9.59 Å². The van der Waals surface area contributed by atoms with E-state index in [-0.39, 0.29) is 11.9 Å². The Hall–Kier alpha value is -1.63. The van der Waals surface area contributed by atoms with Crippen molar-refractivity contribution in [1.82, 2.24) is 15.2 Å². The first-order chi connectivity index (χ1) is 12.7. The van der Waals surface area contributed by atoms with Gasteiger partial charge in [0.15, 0.2) is 5.13 Å². The molecule has 0 radical (unpaired) electrons. The van der Waals surface area contributed by atoms with Gasteiger partial charge < -0.3 is 15.5 Å². The molecule has 2 atom stereocenters. The van der Waals surface area contributed by atoms with Gasteiger partial charge in [-0.05, 0) is 31.1 Å². The van der Waals surface area contributed by atoms with Crippen molar-refractivity contribution in [2.75, 3.05) is 18.4 Å². The fourth-order valence-electron chi connectivity index (χ4n) is 4.20. The van der Waals surface area contributed by atoms with Crippen LogP contribution >= 0.6 is 11.3 Å². The number of amides is 3. The first kappa shape index (κ1) is 19.1. The van der Waals surface area contributed by atoms with Crippen molar-refractivity contribution in [1.29, 1.82) is 0 Å². The molecule has 0 bridgehead atoms. The Bertz CT molecular complexity index is 586. The fraction of sp³-hybridized carbons (Fsp3) is 0.737. The molecule has 0 spiro atoms. The van der Waals surface area contributed by atoms with Gasteiger partial charge in [0.05, 0.1) is 0 Å². The van der Waals surface area contributed by atoms with Gasteiger partial charge in [0, 0.05) is 37.1 Å². The molecule has 144 valence electrons. The summed E-state index contributed by atoms with van der Waals surface area (Å²) < 4.78 is 0. The van der Waals surface area contributed by atoms with E-state index in [2.05, 4.69) is 22.5 Å². The second-order valence-electron chi connectivity index (χ2n) is 7.54. The van der Waals surface area contributed by atoms with Crippen LogP contribution in [0.25, 0.3) is 0 Å². The van der Waals surface area contributed by atoms with Crippen LogP contribution in [0, 0.1) is 11.8 Å². The molecule has 2 N–H and O–H groups in total. The molecule has 6 nitrogen and oxygen atoms in total. The summed E-state index contributed by atoms with van der Waals surface area (Å²) in [6, 6.07) is 0.430. The van der Waals surface area contributed by atoms with E-state index in [0.717, 1.165) is 38.8 Å². The van der Waals surface area contributed by atoms with E-state index < -0.39 is 0 Å². The first-order valence-corrected chi connectivity index (χ1v) is 10.8. The Morgan fingerprint density at radius 2 is 2.04 bits per heavy atom. The quantitative estimate of drug-likeness (QED) is 0.817. The number of anilines is 1. The van der Waals surface area contributed by atoms with Gasteiger partial charge >= 0.3 is 6.03 Å². The lowest BCUT2D eigenvalue weighted by atomic mass is 9.81. The first-order valence-electron chi connectivity index (χ1n) is 9.90. The van der Waals surface area contributed by atoms with Crippen LogP contribution in [0.1, 0.15) is 58.3 Å². The highest BCUT2D eigenvalue weighted by atomic mass is 32.1. The van der Waals surface area contributed by atoms with E-state index in [1.165, 1.54) is 30.6 Å². The van der Waals surface area contributed by atoms with Crippen LogP contribution in [0.4, 0.5) is 9.93 Å². The normalized spacial score (nSPS) is 24.3. The van der Waals surface area contributed by atoms with Crippen molar-refractivity contribution in [3.63, 3.8) is 0 Å². The molecule has 1 aromatic heterocycles. The topological polar surface area (TPSA) is 74.3 Å². The van der Waals surface area contributed by atoms with Crippen molar-refractivity contribution in [2.45, 2.75) is 64.3 Å². The Kier molecular flexibility index (Phi) is 6.88. The maximum atomic E-state index is 12.6. The summed E-state index contributed by atoms with van der Waals surface area (Å²) in [6.45, 7) is 3.65. The van der Waals surface area contributed by atoms with Crippen LogP contribution in [0.3, 0.4) is 0 Å². The lowest BCUT2D eigenvalue weighted by molar-refractivity contribution is -0.117. The zero-order valence-electron chi connectivity index (χ0n) is 15.6. The van der Waals surface area contributed by atoms with Crippen LogP contribution < -0.4 is 10.6 Å². The molecule has 2 heterocycles. The third kappa shape index (κ3) is 5.19. The average molecular weight is 379 g/mol. The number of nitrogens with one attached hydrogen (secondary N) is 2. The minimum atomic E-state index is 0.0310. The van der Waals surface area contributed by atoms with Gasteiger partial charge in [-0.15, -0.1) is 11.3 Å². The average Bonchev–Trinajstić information content (AvgIpc) is 3.15. The third-order valence-electron chi connectivity index (χ3n) is 5.76. The molecular formula is C19H30N4O2S. The molecule has 2 fully saturated rings. The zero-order chi connectivity index (χ0) is 18.4. The Labute approximate surface area is 159 Å². The van der Waals surface area contributed by atoms with Crippen LogP contribution in [0.15, 0.2) is 11.6 Å². The van der Waals surface area contributed by atoms with E-state index in [0.29, 0.717) is 29.4 Å². The molecule has 1 aromatic rings. The minimum Gasteiger partial charge on any atom is -0.335 e. The molecule has 1 aliphatic carbocycles. The summed E-state index contributed by atoms with van der Waals surface area (Å²) in [5, 5.41) is 8.61. The zero-order valence-corrected chi connectivity index (χ0v) is 16.4. The van der Waals surface area contributed by atoms with Crippen molar-refractivity contribution in [3.05, 3.63) is 11.6 Å². The molecule has 1 aliphatic heterocycles. The van der Waals surface area contributed by atoms with Gasteiger partial charge in [0.1, 0.15) is 0 Å². The number of piperidine rings is 1. The molecule has 2 aliphatic rings. The molecule has 1 saturated heterocycles. The summed E-state index contributed by atoms with van der Waals surface area (Å²) in [5.74, 6) is 0.741. The second kappa shape index (κ2) is 9.35. The highest BCUT2D eigenvalue weighted by molar-refractivity contribution is 7.13. The largest absolute Gasteiger partial charge is 0.335 e. The third-order valence-corrected chi connectivity index (χ3v) is 6.45. The van der Waals surface area contributed by atoms with Gasteiger partial charge in [0.25, 0.3) is 0 Å². The molecule has 1 saturated carbocycles. The lowest BCUT2D eigenvalue weighted by Gasteiger charge is -2.39. The molecule has 26 heavy (non-hydrogen) atoms. The predicted octanol–water partition coefficient (Wildman–Crippen LogP) is 3.86. The number of rotatable bonds is 5. The number of likely N-dealkylation sites (tertiary alicyclic amines) is 1. The van der Waals surface area contributed by atoms with Crippen molar-refractivity contribution >= 4 is 28.4 Å². The fourth-order valence-corrected chi connectivity index (χ4v) is 4.75. The summed E-state index contributed by atoms with van der Waals surface area (Å²) in [5.41, 5.74) is 0. The maximum Gasteiger partial charge on any atom is 0.317 e. The van der Waals surface area contributed by atoms with Crippen LogP contribution in [0.2, 0.25) is 0 Å². The number of nitrogens with zero attached hydrogens (tertiary/aromatic N) is 2. The van der Waals surface area contributed by atoms with Gasteiger partial charge in [-0.25, -0.2) is 9.78 Å². The number of hydrogen-bond donors (Lipinski definition) is 2. The van der Waals surface area contributed by atoms with Gasteiger partial charge in [-0.2, -0.15) is 0 Å². The van der Waals surface area contributed by atoms with Crippen LogP contribution in [-0.2, 0) is 4.79 Å². The van der Waals surface area contributed by atoms with Gasteiger partial charge in [0.2, 0.25) is 5.91 Å². The summed E-state index contributed by atoms with van der Waals surface area (Å²) in [4.78, 5) is 30.9. The molecule has 0 unspecified atom stereocenters. The van der Waals surface area contributed by atoms with E-state index in [1.54, 1.807) is 6.20 Å². The van der Waals surface area contributed by atoms with E-state index in [9.17, 15) is 9.59 Å². The Balaban J connectivity index is 1.48. The van der Waals surface area contributed by atoms with E-state index >= 15 is 0 Å². The summed E-state index contributed by atoms with van der Waals surface area (Å²) in [6.07, 6.45) is 10.0. The van der Waals surface area contributed by atoms with Crippen molar-refractivity contribution in [2.24, 2.45) is 11.8 Å². The number of thiazole rings is 1. The van der Waals surface area contributed by atoms with Gasteiger partial charge in [-0.1, -0.05) is 32.6 Å². The smallest absolute Gasteiger partial charge is 0.317 e. The Morgan fingerprint density at radius 1 is 1.23 bits per heavy atom. The molecule has 3 amide bonds. The SMILES string of the molecule is CC[C@@H]1CN(C(=O)NC2CCCCC2)CC[C@H]1CC(=O)Nc1nccs1. The second-order valence-corrected chi connectivity index (χ2v) is 8.43. The molecular weight excluding hydrogens is 348 g/mol. The van der Waals surface area contributed by atoms with Crippen LogP contribution in [0.5, 0.6) is 0 Å². The molecule has 7 heteroatoms. The number of aromatic nitrogens is 1. The lowest BCUT2D eigenvalue weighted by Crippen LogP contribution is -2.51. The maximum absolute atomic E-state index is 12.6. The number of carbonyl (C=O) groups excluding carboxylic acids is 2. The number of urea groups is 1. The van der Waals surface area contributed by atoms with Gasteiger partial charge in [-0.3, -0.25) is 4.79 Å². The standard InChI is InChI=1S/C19H30N4O2S/c1-2-14-13-23(19(25)21-16-6-4-3-5-7-16)10-8-15(14)12-17(24)22-18-20-9-11-26-18/h9,11,14-16H,2-8,10,12-13H2,1H3,(H,21,25)(H,20,22,24)/t14-,15+/m1/s1. The summed E-state index contributed by atoms with van der Waals surface area (Å²) in [7, 11) is 0. The molecule has 3 rings (SSSR count). The number of carbonyl (C=O) groups is 2. The monoisotopic (exact) mass is 378 g/mol. The molecule has 0 aromatic carbocycles. The highest BCUT2D eigenvalue weighted by Crippen LogP contribution is 2.30. The Morgan fingerprint density at radius 3 is 2.73 bits per heavy atom. The van der Waals surface area contributed by atoms with Crippen LogP contribution in [-0.4, -0.2) is 41.0 Å².